The Hall–Kier alpha value is -1.53. The van der Waals surface area contributed by atoms with E-state index in [1.807, 2.05) is 12.1 Å². The average Bonchev–Trinajstić information content (AvgIpc) is 2.34. The van der Waals surface area contributed by atoms with Crippen molar-refractivity contribution in [1.29, 1.82) is 5.26 Å². The van der Waals surface area contributed by atoms with Crippen LogP contribution in [0.2, 0.25) is 0 Å². The number of hydrogen-bond acceptors (Lipinski definition) is 3. The molecular formula is C15H22N2O. The van der Waals surface area contributed by atoms with Gasteiger partial charge >= 0.3 is 0 Å². The quantitative estimate of drug-likeness (QED) is 0.727. The Labute approximate surface area is 109 Å². The van der Waals surface area contributed by atoms with Gasteiger partial charge in [-0.2, -0.15) is 5.26 Å². The molecule has 0 saturated heterocycles. The molecule has 0 saturated carbocycles. The van der Waals surface area contributed by atoms with Crippen molar-refractivity contribution in [1.82, 2.24) is 5.32 Å². The molecule has 1 aromatic rings. The molecule has 2 N–H and O–H groups in total. The van der Waals surface area contributed by atoms with Crippen LogP contribution >= 0.6 is 0 Å². The van der Waals surface area contributed by atoms with Crippen LogP contribution in [0.15, 0.2) is 24.3 Å². The Morgan fingerprint density at radius 1 is 1.28 bits per heavy atom. The molecule has 0 atom stereocenters. The summed E-state index contributed by atoms with van der Waals surface area (Å²) in [5.41, 5.74) is 1.39. The van der Waals surface area contributed by atoms with E-state index in [4.69, 9.17) is 5.26 Å². The monoisotopic (exact) mass is 246 g/mol. The maximum Gasteiger partial charge on any atom is 0.115 e. The highest BCUT2D eigenvalue weighted by molar-refractivity contribution is 5.25. The van der Waals surface area contributed by atoms with Crippen molar-refractivity contribution in [2.45, 2.75) is 33.1 Å². The number of aromatic hydroxyl groups is 1. The smallest absolute Gasteiger partial charge is 0.115 e. The standard InChI is InChI=1S/C15H22N2O/c1-15(2,9-3-10-16)12-17-11-8-13-4-6-14(18)7-5-13/h4-7,17-18H,3,8-9,11-12H2,1-2H3. The zero-order valence-electron chi connectivity index (χ0n) is 11.2. The molecule has 1 aromatic carbocycles. The second-order valence-corrected chi connectivity index (χ2v) is 5.42. The first-order valence-electron chi connectivity index (χ1n) is 6.39. The molecule has 0 fully saturated rings. The van der Waals surface area contributed by atoms with Crippen LogP contribution in [0.5, 0.6) is 5.75 Å². The van der Waals surface area contributed by atoms with Gasteiger partial charge in [-0.15, -0.1) is 0 Å². The largest absolute Gasteiger partial charge is 0.508 e. The lowest BCUT2D eigenvalue weighted by atomic mass is 9.88. The lowest BCUT2D eigenvalue weighted by Gasteiger charge is -2.23. The highest BCUT2D eigenvalue weighted by atomic mass is 16.3. The molecule has 0 heterocycles. The van der Waals surface area contributed by atoms with Crippen molar-refractivity contribution < 1.29 is 5.11 Å². The van der Waals surface area contributed by atoms with E-state index in [1.165, 1.54) is 5.56 Å². The van der Waals surface area contributed by atoms with Crippen LogP contribution in [-0.4, -0.2) is 18.2 Å². The fraction of sp³-hybridized carbons (Fsp3) is 0.533. The highest BCUT2D eigenvalue weighted by Crippen LogP contribution is 2.20. The van der Waals surface area contributed by atoms with Gasteiger partial charge in [-0.05, 0) is 42.5 Å². The predicted molar refractivity (Wildman–Crippen MR) is 73.3 cm³/mol. The van der Waals surface area contributed by atoms with Gasteiger partial charge in [-0.25, -0.2) is 0 Å². The van der Waals surface area contributed by atoms with Gasteiger partial charge in [0.05, 0.1) is 6.07 Å². The van der Waals surface area contributed by atoms with Crippen LogP contribution in [0.1, 0.15) is 32.3 Å². The normalized spacial score (nSPS) is 11.2. The second-order valence-electron chi connectivity index (χ2n) is 5.42. The number of phenolic OH excluding ortho intramolecular Hbond substituents is 1. The van der Waals surface area contributed by atoms with Crippen LogP contribution < -0.4 is 5.32 Å². The van der Waals surface area contributed by atoms with Gasteiger partial charge < -0.3 is 10.4 Å². The van der Waals surface area contributed by atoms with E-state index in [9.17, 15) is 5.11 Å². The van der Waals surface area contributed by atoms with Crippen molar-refractivity contribution in [3.05, 3.63) is 29.8 Å². The average molecular weight is 246 g/mol. The van der Waals surface area contributed by atoms with E-state index in [0.29, 0.717) is 12.2 Å². The summed E-state index contributed by atoms with van der Waals surface area (Å²) in [5, 5.41) is 21.2. The maximum atomic E-state index is 9.18. The van der Waals surface area contributed by atoms with Gasteiger partial charge in [-0.3, -0.25) is 0 Å². The highest BCUT2D eigenvalue weighted by Gasteiger charge is 2.16. The van der Waals surface area contributed by atoms with Crippen molar-refractivity contribution in [3.63, 3.8) is 0 Å². The minimum atomic E-state index is 0.171. The minimum absolute atomic E-state index is 0.171. The van der Waals surface area contributed by atoms with Crippen LogP contribution in [0.3, 0.4) is 0 Å². The third-order valence-corrected chi connectivity index (χ3v) is 3.04. The molecule has 0 aliphatic rings. The molecule has 0 aromatic heterocycles. The van der Waals surface area contributed by atoms with E-state index in [-0.39, 0.29) is 5.41 Å². The molecule has 98 valence electrons. The minimum Gasteiger partial charge on any atom is -0.508 e. The Kier molecular flexibility index (Phi) is 5.67. The molecule has 0 bridgehead atoms. The molecule has 0 unspecified atom stereocenters. The Morgan fingerprint density at radius 3 is 2.56 bits per heavy atom. The first-order valence-corrected chi connectivity index (χ1v) is 6.39. The number of nitrogens with one attached hydrogen (secondary N) is 1. The van der Waals surface area contributed by atoms with Gasteiger partial charge in [0, 0.05) is 13.0 Å². The van der Waals surface area contributed by atoms with Gasteiger partial charge in [0.25, 0.3) is 0 Å². The summed E-state index contributed by atoms with van der Waals surface area (Å²) in [4.78, 5) is 0. The van der Waals surface area contributed by atoms with Crippen LogP contribution in [0.4, 0.5) is 0 Å². The Bertz CT molecular complexity index is 390. The van der Waals surface area contributed by atoms with Crippen molar-refractivity contribution in [2.24, 2.45) is 5.41 Å². The molecular weight excluding hydrogens is 224 g/mol. The summed E-state index contributed by atoms with van der Waals surface area (Å²) < 4.78 is 0. The van der Waals surface area contributed by atoms with Gasteiger partial charge in [-0.1, -0.05) is 26.0 Å². The van der Waals surface area contributed by atoms with Crippen molar-refractivity contribution in [2.75, 3.05) is 13.1 Å². The zero-order chi connectivity index (χ0) is 13.4. The number of nitrogens with zero attached hydrogens (tertiary/aromatic N) is 1. The second kappa shape index (κ2) is 7.03. The Morgan fingerprint density at radius 2 is 1.94 bits per heavy atom. The maximum absolute atomic E-state index is 9.18. The first kappa shape index (κ1) is 14.5. The van der Waals surface area contributed by atoms with E-state index >= 15 is 0 Å². The number of rotatable bonds is 7. The van der Waals surface area contributed by atoms with Crippen molar-refractivity contribution >= 4 is 0 Å². The first-order chi connectivity index (χ1) is 8.53. The molecule has 0 spiro atoms. The molecule has 0 radical (unpaired) electrons. The lowest BCUT2D eigenvalue weighted by Crippen LogP contribution is -2.30. The molecule has 1 rings (SSSR count). The number of phenols is 1. The predicted octanol–water partition coefficient (Wildman–Crippen LogP) is 2.85. The third-order valence-electron chi connectivity index (χ3n) is 3.04. The van der Waals surface area contributed by atoms with E-state index in [2.05, 4.69) is 25.2 Å². The van der Waals surface area contributed by atoms with E-state index < -0.39 is 0 Å². The number of nitriles is 1. The van der Waals surface area contributed by atoms with Crippen molar-refractivity contribution in [3.8, 4) is 11.8 Å². The molecule has 0 aliphatic carbocycles. The fourth-order valence-electron chi connectivity index (χ4n) is 1.80. The molecule has 0 amide bonds. The zero-order valence-corrected chi connectivity index (χ0v) is 11.2. The summed E-state index contributed by atoms with van der Waals surface area (Å²) in [6.45, 7) is 6.20. The summed E-state index contributed by atoms with van der Waals surface area (Å²) in [6, 6.07) is 9.51. The summed E-state index contributed by atoms with van der Waals surface area (Å²) in [6.07, 6.45) is 2.50. The summed E-state index contributed by atoms with van der Waals surface area (Å²) >= 11 is 0. The van der Waals surface area contributed by atoms with Crippen LogP contribution in [0.25, 0.3) is 0 Å². The van der Waals surface area contributed by atoms with Crippen LogP contribution in [-0.2, 0) is 6.42 Å². The molecule has 3 nitrogen and oxygen atoms in total. The molecule has 18 heavy (non-hydrogen) atoms. The topological polar surface area (TPSA) is 56.0 Å². The Balaban J connectivity index is 2.22. The van der Waals surface area contributed by atoms with E-state index in [0.717, 1.165) is 25.9 Å². The molecule has 0 aliphatic heterocycles. The summed E-state index contributed by atoms with van der Waals surface area (Å²) in [5.74, 6) is 0.310. The summed E-state index contributed by atoms with van der Waals surface area (Å²) in [7, 11) is 0. The fourth-order valence-corrected chi connectivity index (χ4v) is 1.80. The van der Waals surface area contributed by atoms with E-state index in [1.54, 1.807) is 12.1 Å². The number of hydrogen-bond donors (Lipinski definition) is 2. The van der Waals surface area contributed by atoms with Crippen LogP contribution in [0, 0.1) is 16.7 Å². The third kappa shape index (κ3) is 5.70. The lowest BCUT2D eigenvalue weighted by molar-refractivity contribution is 0.319. The molecule has 3 heteroatoms. The van der Waals surface area contributed by atoms with Gasteiger partial charge in [0.2, 0.25) is 0 Å². The number of benzene rings is 1. The SMILES string of the molecule is CC(C)(CCC#N)CNCCc1ccc(O)cc1. The van der Waals surface area contributed by atoms with Gasteiger partial charge in [0.15, 0.2) is 0 Å². The van der Waals surface area contributed by atoms with Gasteiger partial charge in [0.1, 0.15) is 5.75 Å².